The van der Waals surface area contributed by atoms with Crippen molar-refractivity contribution in [3.8, 4) is 11.5 Å². The van der Waals surface area contributed by atoms with Crippen LogP contribution in [-0.2, 0) is 10.0 Å². The zero-order valence-electron chi connectivity index (χ0n) is 17.6. The van der Waals surface area contributed by atoms with Gasteiger partial charge >= 0.3 is 0 Å². The highest BCUT2D eigenvalue weighted by Gasteiger charge is 2.25. The summed E-state index contributed by atoms with van der Waals surface area (Å²) in [6.07, 6.45) is 0. The Hall–Kier alpha value is -2.41. The zero-order valence-corrected chi connectivity index (χ0v) is 18.4. The number of nitrogens with zero attached hydrogens (tertiary/aromatic N) is 1. The third-order valence-corrected chi connectivity index (χ3v) is 5.83. The molecule has 0 saturated heterocycles. The predicted octanol–water partition coefficient (Wildman–Crippen LogP) is 4.44. The molecule has 0 bridgehead atoms. The van der Waals surface area contributed by atoms with Gasteiger partial charge in [0, 0.05) is 24.2 Å². The molecule has 0 aliphatic rings. The van der Waals surface area contributed by atoms with Gasteiger partial charge in [-0.3, -0.25) is 4.72 Å². The molecule has 28 heavy (non-hydrogen) atoms. The molecule has 0 atom stereocenters. The number of hydrogen-bond acceptors (Lipinski definition) is 5. The highest BCUT2D eigenvalue weighted by atomic mass is 32.2. The zero-order chi connectivity index (χ0) is 21.1. The normalized spacial score (nSPS) is 11.6. The van der Waals surface area contributed by atoms with Crippen molar-refractivity contribution in [2.75, 3.05) is 23.8 Å². The molecule has 0 saturated carbocycles. The van der Waals surface area contributed by atoms with Crippen molar-refractivity contribution in [1.29, 1.82) is 0 Å². The number of ether oxygens (including phenoxy) is 2. The second-order valence-electron chi connectivity index (χ2n) is 7.24. The second kappa shape index (κ2) is 8.73. The first-order valence-electron chi connectivity index (χ1n) is 9.24. The number of methoxy groups -OCH3 is 2. The fourth-order valence-corrected chi connectivity index (χ4v) is 4.31. The Balaban J connectivity index is 2.65. The highest BCUT2D eigenvalue weighted by molar-refractivity contribution is 7.92. The Morgan fingerprint density at radius 1 is 0.929 bits per heavy atom. The molecule has 0 radical (unpaired) electrons. The van der Waals surface area contributed by atoms with Crippen molar-refractivity contribution in [1.82, 2.24) is 0 Å². The van der Waals surface area contributed by atoms with Crippen LogP contribution in [0.3, 0.4) is 0 Å². The molecule has 0 heterocycles. The molecule has 0 spiro atoms. The molecule has 2 aromatic rings. The topological polar surface area (TPSA) is 67.9 Å². The first-order valence-corrected chi connectivity index (χ1v) is 10.7. The number of nitrogens with one attached hydrogen (secondary N) is 1. The number of hydrogen-bond donors (Lipinski definition) is 1. The van der Waals surface area contributed by atoms with Crippen LogP contribution in [0.2, 0.25) is 0 Å². The molecule has 0 fully saturated rings. The Morgan fingerprint density at radius 2 is 1.50 bits per heavy atom. The van der Waals surface area contributed by atoms with E-state index < -0.39 is 10.0 Å². The fraction of sp³-hybridized carbons (Fsp3) is 0.429. The summed E-state index contributed by atoms with van der Waals surface area (Å²) in [4.78, 5) is 2.32. The lowest BCUT2D eigenvalue weighted by Crippen LogP contribution is -2.37. The third-order valence-electron chi connectivity index (χ3n) is 4.47. The monoisotopic (exact) mass is 406 g/mol. The molecule has 0 aliphatic heterocycles. The Kier molecular flexibility index (Phi) is 6.82. The maximum Gasteiger partial charge on any atom is 0.262 e. The molecule has 6 nitrogen and oxygen atoms in total. The third kappa shape index (κ3) is 4.70. The Labute approximate surface area is 168 Å². The molecule has 7 heteroatoms. The molecular weight excluding hydrogens is 376 g/mol. The van der Waals surface area contributed by atoms with Crippen molar-refractivity contribution in [3.63, 3.8) is 0 Å². The molecular formula is C21H30N2O4S. The van der Waals surface area contributed by atoms with Crippen molar-refractivity contribution in [3.05, 3.63) is 42.0 Å². The van der Waals surface area contributed by atoms with E-state index in [1.54, 1.807) is 37.4 Å². The smallest absolute Gasteiger partial charge is 0.262 e. The van der Waals surface area contributed by atoms with E-state index >= 15 is 0 Å². The number of anilines is 2. The summed E-state index contributed by atoms with van der Waals surface area (Å²) >= 11 is 0. The lowest BCUT2D eigenvalue weighted by Gasteiger charge is -2.35. The summed E-state index contributed by atoms with van der Waals surface area (Å²) in [6.45, 7) is 10.2. The van der Waals surface area contributed by atoms with Crippen LogP contribution >= 0.6 is 0 Å². The molecule has 0 aromatic heterocycles. The van der Waals surface area contributed by atoms with Crippen molar-refractivity contribution in [2.45, 2.75) is 51.6 Å². The summed E-state index contributed by atoms with van der Waals surface area (Å²) in [5, 5.41) is 0. The lowest BCUT2D eigenvalue weighted by molar-refractivity contribution is 0.395. The first kappa shape index (κ1) is 21.9. The van der Waals surface area contributed by atoms with Crippen molar-refractivity contribution >= 4 is 21.4 Å². The van der Waals surface area contributed by atoms with Crippen LogP contribution in [0.4, 0.5) is 11.4 Å². The van der Waals surface area contributed by atoms with E-state index in [0.29, 0.717) is 22.9 Å². The largest absolute Gasteiger partial charge is 0.497 e. The van der Waals surface area contributed by atoms with Gasteiger partial charge in [-0.25, -0.2) is 8.42 Å². The number of benzene rings is 2. The van der Waals surface area contributed by atoms with Gasteiger partial charge in [0.15, 0.2) is 0 Å². The SMILES string of the molecule is COc1cc(OC)c(NS(=O)(=O)c2ccc(C)cc2)c(N(C(C)C)C(C)C)c1. The van der Waals surface area contributed by atoms with Crippen LogP contribution in [-0.4, -0.2) is 34.7 Å². The van der Waals surface area contributed by atoms with E-state index in [1.807, 2.05) is 13.0 Å². The van der Waals surface area contributed by atoms with Gasteiger partial charge < -0.3 is 14.4 Å². The van der Waals surface area contributed by atoms with E-state index in [2.05, 4.69) is 37.3 Å². The molecule has 1 N–H and O–H groups in total. The van der Waals surface area contributed by atoms with Gasteiger partial charge in [0.05, 0.1) is 24.8 Å². The highest BCUT2D eigenvalue weighted by Crippen LogP contribution is 2.42. The van der Waals surface area contributed by atoms with Crippen LogP contribution in [0.15, 0.2) is 41.3 Å². The lowest BCUT2D eigenvalue weighted by atomic mass is 10.1. The first-order chi connectivity index (χ1) is 13.1. The number of rotatable bonds is 8. The van der Waals surface area contributed by atoms with E-state index in [0.717, 1.165) is 5.56 Å². The molecule has 0 aliphatic carbocycles. The fourth-order valence-electron chi connectivity index (χ4n) is 3.22. The van der Waals surface area contributed by atoms with Crippen LogP contribution in [0, 0.1) is 6.92 Å². The van der Waals surface area contributed by atoms with Gasteiger partial charge in [-0.1, -0.05) is 17.7 Å². The van der Waals surface area contributed by atoms with Crippen LogP contribution < -0.4 is 19.1 Å². The average Bonchev–Trinajstić information content (AvgIpc) is 2.62. The molecule has 2 aromatic carbocycles. The van der Waals surface area contributed by atoms with Crippen LogP contribution in [0.5, 0.6) is 11.5 Å². The summed E-state index contributed by atoms with van der Waals surface area (Å²) in [5.74, 6) is 0.993. The van der Waals surface area contributed by atoms with Gasteiger partial charge in [-0.15, -0.1) is 0 Å². The van der Waals surface area contributed by atoms with E-state index in [4.69, 9.17) is 9.47 Å². The Morgan fingerprint density at radius 3 is 1.96 bits per heavy atom. The molecule has 2 rings (SSSR count). The van der Waals surface area contributed by atoms with Gasteiger partial charge in [0.25, 0.3) is 10.0 Å². The predicted molar refractivity (Wildman–Crippen MR) is 114 cm³/mol. The van der Waals surface area contributed by atoms with Gasteiger partial charge in [-0.2, -0.15) is 0 Å². The minimum absolute atomic E-state index is 0.138. The number of aryl methyl sites for hydroxylation is 1. The quantitative estimate of drug-likeness (QED) is 0.702. The van der Waals surface area contributed by atoms with E-state index in [9.17, 15) is 8.42 Å². The summed E-state index contributed by atoms with van der Waals surface area (Å²) < 4.78 is 39.7. The molecule has 154 valence electrons. The maximum atomic E-state index is 13.0. The minimum Gasteiger partial charge on any atom is -0.497 e. The van der Waals surface area contributed by atoms with E-state index in [1.165, 1.54) is 7.11 Å². The summed E-state index contributed by atoms with van der Waals surface area (Å²) in [7, 11) is -0.703. The molecule has 0 amide bonds. The standard InChI is InChI=1S/C21H30N2O4S/c1-14(2)23(15(3)4)19-12-17(26-6)13-20(27-7)21(19)22-28(24,25)18-10-8-16(5)9-11-18/h8-15,22H,1-7H3. The summed E-state index contributed by atoms with van der Waals surface area (Å²) in [5.41, 5.74) is 2.09. The summed E-state index contributed by atoms with van der Waals surface area (Å²) in [6, 6.07) is 10.5. The van der Waals surface area contributed by atoms with Crippen molar-refractivity contribution < 1.29 is 17.9 Å². The van der Waals surface area contributed by atoms with Crippen molar-refractivity contribution in [2.24, 2.45) is 0 Å². The second-order valence-corrected chi connectivity index (χ2v) is 8.92. The Bertz CT molecular complexity index is 899. The maximum absolute atomic E-state index is 13.0. The van der Waals surface area contributed by atoms with Gasteiger partial charge in [0.1, 0.15) is 17.2 Å². The van der Waals surface area contributed by atoms with Crippen LogP contribution in [0.1, 0.15) is 33.3 Å². The van der Waals surface area contributed by atoms with Crippen LogP contribution in [0.25, 0.3) is 0 Å². The number of sulfonamides is 1. The minimum atomic E-state index is -3.79. The average molecular weight is 407 g/mol. The van der Waals surface area contributed by atoms with E-state index in [-0.39, 0.29) is 17.0 Å². The molecule has 0 unspecified atom stereocenters. The van der Waals surface area contributed by atoms with Gasteiger partial charge in [0.2, 0.25) is 0 Å². The van der Waals surface area contributed by atoms with Gasteiger partial charge in [-0.05, 0) is 46.8 Å².